The minimum absolute atomic E-state index is 0.105. The first-order valence-corrected chi connectivity index (χ1v) is 8.10. The summed E-state index contributed by atoms with van der Waals surface area (Å²) in [6.45, 7) is 1.77. The molecule has 2 aromatic heterocycles. The number of nitrogens with one attached hydrogen (secondary N) is 2. The maximum Gasteiger partial charge on any atom is 0.268 e. The molecule has 136 valence electrons. The number of H-pyrrole nitrogens is 1. The third-order valence-electron chi connectivity index (χ3n) is 3.99. The van der Waals surface area contributed by atoms with Gasteiger partial charge in [0.25, 0.3) is 5.91 Å². The Hall–Kier alpha value is -3.79. The summed E-state index contributed by atoms with van der Waals surface area (Å²) in [5.74, 6) is 2.72. The molecule has 0 aliphatic rings. The van der Waals surface area contributed by atoms with E-state index in [1.165, 1.54) is 12.3 Å². The van der Waals surface area contributed by atoms with Gasteiger partial charge in [0.05, 0.1) is 19.2 Å². The van der Waals surface area contributed by atoms with Crippen LogP contribution in [0.1, 0.15) is 32.2 Å². The predicted octanol–water partition coefficient (Wildman–Crippen LogP) is 2.58. The number of methoxy groups -OCH3 is 1. The van der Waals surface area contributed by atoms with Gasteiger partial charge in [0.2, 0.25) is 0 Å². The minimum atomic E-state index is -0.385. The SMILES string of the molecule is C#CCNC(=O)c1cc(C(=O)c2c(-c3ccc(OC)cc3)noc2C)c[nH]1. The molecule has 7 heteroatoms. The third kappa shape index (κ3) is 3.60. The van der Waals surface area contributed by atoms with Crippen LogP contribution in [0.25, 0.3) is 11.3 Å². The molecule has 27 heavy (non-hydrogen) atoms. The lowest BCUT2D eigenvalue weighted by atomic mass is 9.99. The van der Waals surface area contributed by atoms with Gasteiger partial charge < -0.3 is 19.6 Å². The van der Waals surface area contributed by atoms with Crippen LogP contribution in [-0.2, 0) is 0 Å². The molecule has 3 aromatic rings. The van der Waals surface area contributed by atoms with Crippen LogP contribution in [0.3, 0.4) is 0 Å². The Balaban J connectivity index is 1.92. The number of ether oxygens (including phenoxy) is 1. The molecule has 0 bridgehead atoms. The maximum absolute atomic E-state index is 13.0. The molecule has 3 rings (SSSR count). The van der Waals surface area contributed by atoms with Crippen LogP contribution in [0, 0.1) is 19.3 Å². The summed E-state index contributed by atoms with van der Waals surface area (Å²) in [6.07, 6.45) is 6.59. The van der Waals surface area contributed by atoms with Crippen LogP contribution < -0.4 is 10.1 Å². The van der Waals surface area contributed by atoms with Crippen LogP contribution in [0.2, 0.25) is 0 Å². The number of aryl methyl sites for hydroxylation is 1. The zero-order valence-electron chi connectivity index (χ0n) is 14.8. The third-order valence-corrected chi connectivity index (χ3v) is 3.99. The number of terminal acetylenes is 1. The zero-order valence-corrected chi connectivity index (χ0v) is 14.8. The fraction of sp³-hybridized carbons (Fsp3) is 0.150. The molecule has 0 saturated heterocycles. The van der Waals surface area contributed by atoms with E-state index in [9.17, 15) is 9.59 Å². The molecule has 1 aromatic carbocycles. The van der Waals surface area contributed by atoms with Crippen molar-refractivity contribution in [2.45, 2.75) is 6.92 Å². The number of amides is 1. The second kappa shape index (κ2) is 7.62. The number of hydrogen-bond donors (Lipinski definition) is 2. The lowest BCUT2D eigenvalue weighted by molar-refractivity contribution is 0.0954. The number of carbonyl (C=O) groups excluding carboxylic acids is 2. The molecule has 0 fully saturated rings. The quantitative estimate of drug-likeness (QED) is 0.518. The molecule has 7 nitrogen and oxygen atoms in total. The first-order valence-electron chi connectivity index (χ1n) is 8.10. The van der Waals surface area contributed by atoms with Crippen molar-refractivity contribution in [3.05, 3.63) is 59.1 Å². The zero-order chi connectivity index (χ0) is 19.4. The summed E-state index contributed by atoms with van der Waals surface area (Å²) in [7, 11) is 1.58. The summed E-state index contributed by atoms with van der Waals surface area (Å²) >= 11 is 0. The molecule has 0 aliphatic heterocycles. The van der Waals surface area contributed by atoms with E-state index >= 15 is 0 Å². The number of benzene rings is 1. The topological polar surface area (TPSA) is 97.2 Å². The number of nitrogens with zero attached hydrogens (tertiary/aromatic N) is 1. The normalized spacial score (nSPS) is 10.3. The smallest absolute Gasteiger partial charge is 0.268 e. The number of carbonyl (C=O) groups is 2. The number of ketones is 1. The van der Waals surface area contributed by atoms with Gasteiger partial charge in [0, 0.05) is 17.3 Å². The van der Waals surface area contributed by atoms with E-state index in [1.54, 1.807) is 38.3 Å². The first-order chi connectivity index (χ1) is 13.0. The molecule has 2 N–H and O–H groups in total. The van der Waals surface area contributed by atoms with Crippen molar-refractivity contribution in [1.82, 2.24) is 15.5 Å². The Bertz CT molecular complexity index is 1020. The van der Waals surface area contributed by atoms with E-state index in [0.717, 1.165) is 5.56 Å². The van der Waals surface area contributed by atoms with Gasteiger partial charge in [-0.1, -0.05) is 11.1 Å². The second-order valence-corrected chi connectivity index (χ2v) is 5.71. The highest BCUT2D eigenvalue weighted by Gasteiger charge is 2.24. The van der Waals surface area contributed by atoms with Gasteiger partial charge in [-0.15, -0.1) is 6.42 Å². The molecule has 1 amide bonds. The Morgan fingerprint density at radius 1 is 1.33 bits per heavy atom. The van der Waals surface area contributed by atoms with Gasteiger partial charge >= 0.3 is 0 Å². The molecule has 0 unspecified atom stereocenters. The van der Waals surface area contributed by atoms with Crippen molar-refractivity contribution in [2.75, 3.05) is 13.7 Å². The van der Waals surface area contributed by atoms with Crippen molar-refractivity contribution >= 4 is 11.7 Å². The molecule has 0 spiro atoms. The van der Waals surface area contributed by atoms with E-state index in [1.807, 2.05) is 0 Å². The van der Waals surface area contributed by atoms with Gasteiger partial charge in [-0.05, 0) is 37.3 Å². The second-order valence-electron chi connectivity index (χ2n) is 5.71. The lowest BCUT2D eigenvalue weighted by Gasteiger charge is -2.03. The summed E-state index contributed by atoms with van der Waals surface area (Å²) in [5.41, 5.74) is 2.06. The van der Waals surface area contributed by atoms with Crippen LogP contribution in [0.5, 0.6) is 5.75 Å². The number of hydrogen-bond acceptors (Lipinski definition) is 5. The predicted molar refractivity (Wildman–Crippen MR) is 98.6 cm³/mol. The highest BCUT2D eigenvalue weighted by atomic mass is 16.5. The van der Waals surface area contributed by atoms with E-state index in [2.05, 4.69) is 21.4 Å². The summed E-state index contributed by atoms with van der Waals surface area (Å²) in [4.78, 5) is 27.7. The summed E-state index contributed by atoms with van der Waals surface area (Å²) < 4.78 is 10.4. The van der Waals surface area contributed by atoms with Gasteiger partial charge in [0.15, 0.2) is 5.78 Å². The van der Waals surface area contributed by atoms with Crippen molar-refractivity contribution in [2.24, 2.45) is 0 Å². The fourth-order valence-corrected chi connectivity index (χ4v) is 2.61. The lowest BCUT2D eigenvalue weighted by Crippen LogP contribution is -2.23. The Morgan fingerprint density at radius 2 is 2.07 bits per heavy atom. The van der Waals surface area contributed by atoms with E-state index in [0.29, 0.717) is 28.3 Å². The van der Waals surface area contributed by atoms with Crippen molar-refractivity contribution in [3.8, 4) is 29.4 Å². The average Bonchev–Trinajstić information content (AvgIpc) is 3.33. The molecular formula is C20H17N3O4. The molecule has 0 saturated carbocycles. The molecule has 0 radical (unpaired) electrons. The Labute approximate surface area is 155 Å². The number of aromatic nitrogens is 2. The van der Waals surface area contributed by atoms with Crippen LogP contribution in [0.15, 0.2) is 41.1 Å². The van der Waals surface area contributed by atoms with Crippen LogP contribution in [0.4, 0.5) is 0 Å². The van der Waals surface area contributed by atoms with Gasteiger partial charge in [-0.2, -0.15) is 0 Å². The van der Waals surface area contributed by atoms with Crippen LogP contribution >= 0.6 is 0 Å². The van der Waals surface area contributed by atoms with E-state index < -0.39 is 0 Å². The Morgan fingerprint density at radius 3 is 2.74 bits per heavy atom. The number of rotatable bonds is 6. The van der Waals surface area contributed by atoms with Crippen LogP contribution in [-0.4, -0.2) is 35.5 Å². The van der Waals surface area contributed by atoms with Crippen molar-refractivity contribution < 1.29 is 18.8 Å². The molecular weight excluding hydrogens is 346 g/mol. The molecule has 0 atom stereocenters. The van der Waals surface area contributed by atoms with E-state index in [4.69, 9.17) is 15.7 Å². The van der Waals surface area contributed by atoms with E-state index in [-0.39, 0.29) is 23.9 Å². The minimum Gasteiger partial charge on any atom is -0.497 e. The maximum atomic E-state index is 13.0. The fourth-order valence-electron chi connectivity index (χ4n) is 2.61. The summed E-state index contributed by atoms with van der Waals surface area (Å²) in [6, 6.07) is 8.61. The number of aromatic amines is 1. The standard InChI is InChI=1S/C20H17N3O4/c1-4-9-21-20(25)16-10-14(11-22-16)19(24)17-12(2)27-23-18(17)13-5-7-15(26-3)8-6-13/h1,5-8,10-11,22H,9H2,2-3H3,(H,21,25). The van der Waals surface area contributed by atoms with Gasteiger partial charge in [-0.3, -0.25) is 9.59 Å². The Kier molecular flexibility index (Phi) is 5.08. The average molecular weight is 363 g/mol. The largest absolute Gasteiger partial charge is 0.497 e. The summed E-state index contributed by atoms with van der Waals surface area (Å²) in [5, 5.41) is 6.56. The van der Waals surface area contributed by atoms with Gasteiger partial charge in [-0.25, -0.2) is 0 Å². The van der Waals surface area contributed by atoms with Crippen molar-refractivity contribution in [1.29, 1.82) is 0 Å². The highest BCUT2D eigenvalue weighted by Crippen LogP contribution is 2.29. The molecule has 2 heterocycles. The molecule has 0 aliphatic carbocycles. The van der Waals surface area contributed by atoms with Gasteiger partial charge in [0.1, 0.15) is 22.9 Å². The monoisotopic (exact) mass is 363 g/mol. The highest BCUT2D eigenvalue weighted by molar-refractivity contribution is 6.13. The van der Waals surface area contributed by atoms with Crippen molar-refractivity contribution in [3.63, 3.8) is 0 Å². The first kappa shape index (κ1) is 18.0.